The second-order valence-electron chi connectivity index (χ2n) is 6.47. The zero-order valence-corrected chi connectivity index (χ0v) is 14.7. The Labute approximate surface area is 139 Å². The molecule has 0 radical (unpaired) electrons. The summed E-state index contributed by atoms with van der Waals surface area (Å²) in [6.45, 7) is 9.40. The fourth-order valence-electron chi connectivity index (χ4n) is 2.34. The lowest BCUT2D eigenvalue weighted by Crippen LogP contribution is -2.41. The number of hydrogen-bond acceptors (Lipinski definition) is 3. The van der Waals surface area contributed by atoms with Gasteiger partial charge in [-0.3, -0.25) is 9.67 Å². The minimum absolute atomic E-state index is 0.447. The van der Waals surface area contributed by atoms with Gasteiger partial charge in [-0.05, 0) is 37.7 Å². The first-order chi connectivity index (χ1) is 11.2. The van der Waals surface area contributed by atoms with E-state index in [4.69, 9.17) is 9.73 Å². The first kappa shape index (κ1) is 17.8. The first-order valence-corrected chi connectivity index (χ1v) is 8.73. The number of ether oxygens (including phenoxy) is 1. The molecule has 1 aromatic heterocycles. The molecular formula is C17H31N5O. The Morgan fingerprint density at radius 2 is 2.35 bits per heavy atom. The van der Waals surface area contributed by atoms with E-state index >= 15 is 0 Å². The maximum atomic E-state index is 5.72. The third-order valence-electron chi connectivity index (χ3n) is 3.93. The van der Waals surface area contributed by atoms with Crippen molar-refractivity contribution >= 4 is 5.96 Å². The molecule has 0 spiro atoms. The molecule has 130 valence electrons. The summed E-state index contributed by atoms with van der Waals surface area (Å²) < 4.78 is 7.68. The molecule has 6 heteroatoms. The SMILES string of the molecule is CCNC(=NCC(C)Cn1cccn1)N(C)CCOCC1CC1. The molecule has 0 aromatic carbocycles. The Morgan fingerprint density at radius 1 is 1.52 bits per heavy atom. The highest BCUT2D eigenvalue weighted by molar-refractivity contribution is 5.79. The number of guanidine groups is 1. The van der Waals surface area contributed by atoms with Crippen molar-refractivity contribution in [3.63, 3.8) is 0 Å². The second-order valence-corrected chi connectivity index (χ2v) is 6.47. The number of nitrogens with one attached hydrogen (secondary N) is 1. The predicted molar refractivity (Wildman–Crippen MR) is 93.5 cm³/mol. The van der Waals surface area contributed by atoms with Gasteiger partial charge in [0.1, 0.15) is 0 Å². The van der Waals surface area contributed by atoms with Crippen molar-refractivity contribution in [3.05, 3.63) is 18.5 Å². The molecule has 0 amide bonds. The Hall–Kier alpha value is -1.56. The molecule has 1 aliphatic carbocycles. The van der Waals surface area contributed by atoms with Crippen molar-refractivity contribution < 1.29 is 4.74 Å². The van der Waals surface area contributed by atoms with E-state index in [1.165, 1.54) is 12.8 Å². The quantitative estimate of drug-likeness (QED) is 0.406. The highest BCUT2D eigenvalue weighted by atomic mass is 16.5. The van der Waals surface area contributed by atoms with Crippen molar-refractivity contribution in [2.45, 2.75) is 33.2 Å². The smallest absolute Gasteiger partial charge is 0.193 e. The van der Waals surface area contributed by atoms with E-state index in [0.29, 0.717) is 5.92 Å². The highest BCUT2D eigenvalue weighted by Gasteiger charge is 2.21. The van der Waals surface area contributed by atoms with Crippen LogP contribution in [0.4, 0.5) is 0 Å². The number of hydrogen-bond donors (Lipinski definition) is 1. The molecule has 0 saturated heterocycles. The molecule has 2 rings (SSSR count). The zero-order chi connectivity index (χ0) is 16.5. The lowest BCUT2D eigenvalue weighted by atomic mass is 10.2. The van der Waals surface area contributed by atoms with Crippen molar-refractivity contribution in [2.24, 2.45) is 16.8 Å². The number of rotatable bonds is 10. The van der Waals surface area contributed by atoms with Crippen LogP contribution in [0.3, 0.4) is 0 Å². The molecule has 1 fully saturated rings. The summed E-state index contributed by atoms with van der Waals surface area (Å²) in [4.78, 5) is 6.90. The van der Waals surface area contributed by atoms with Gasteiger partial charge in [0.2, 0.25) is 0 Å². The molecule has 1 N–H and O–H groups in total. The zero-order valence-electron chi connectivity index (χ0n) is 14.7. The van der Waals surface area contributed by atoms with Gasteiger partial charge in [-0.15, -0.1) is 0 Å². The van der Waals surface area contributed by atoms with Crippen LogP contribution in [0, 0.1) is 11.8 Å². The van der Waals surface area contributed by atoms with Gasteiger partial charge in [0.15, 0.2) is 5.96 Å². The van der Waals surface area contributed by atoms with E-state index in [9.17, 15) is 0 Å². The Morgan fingerprint density at radius 3 is 3.00 bits per heavy atom. The Kier molecular flexibility index (Phi) is 7.39. The molecule has 1 atom stereocenters. The van der Waals surface area contributed by atoms with Gasteiger partial charge in [0, 0.05) is 52.2 Å². The standard InChI is InChI=1S/C17H31N5O/c1-4-18-17(21(3)10-11-23-14-16-6-7-16)19-12-15(2)13-22-9-5-8-20-22/h5,8-9,15-16H,4,6-7,10-14H2,1-3H3,(H,18,19). The van der Waals surface area contributed by atoms with Gasteiger partial charge in [0.25, 0.3) is 0 Å². The van der Waals surface area contributed by atoms with Crippen LogP contribution >= 0.6 is 0 Å². The van der Waals surface area contributed by atoms with Crippen LogP contribution in [0.25, 0.3) is 0 Å². The average Bonchev–Trinajstić information content (AvgIpc) is 3.23. The van der Waals surface area contributed by atoms with Crippen LogP contribution < -0.4 is 5.32 Å². The minimum atomic E-state index is 0.447. The summed E-state index contributed by atoms with van der Waals surface area (Å²) in [6.07, 6.45) is 6.49. The van der Waals surface area contributed by atoms with Crippen LogP contribution in [-0.4, -0.2) is 60.5 Å². The fourth-order valence-corrected chi connectivity index (χ4v) is 2.34. The van der Waals surface area contributed by atoms with Crippen molar-refractivity contribution in [1.82, 2.24) is 20.0 Å². The van der Waals surface area contributed by atoms with Crippen LogP contribution in [0.15, 0.2) is 23.5 Å². The molecule has 1 heterocycles. The number of likely N-dealkylation sites (N-methyl/N-ethyl adjacent to an activating group) is 1. The van der Waals surface area contributed by atoms with Crippen LogP contribution in [0.5, 0.6) is 0 Å². The van der Waals surface area contributed by atoms with Gasteiger partial charge in [-0.2, -0.15) is 5.10 Å². The summed E-state index contributed by atoms with van der Waals surface area (Å²) in [5.74, 6) is 2.23. The van der Waals surface area contributed by atoms with E-state index in [0.717, 1.165) is 51.3 Å². The summed E-state index contributed by atoms with van der Waals surface area (Å²) in [5.41, 5.74) is 0. The molecule has 23 heavy (non-hydrogen) atoms. The van der Waals surface area contributed by atoms with Crippen molar-refractivity contribution in [3.8, 4) is 0 Å². The van der Waals surface area contributed by atoms with Crippen molar-refractivity contribution in [2.75, 3.05) is 39.9 Å². The fraction of sp³-hybridized carbons (Fsp3) is 0.765. The lowest BCUT2D eigenvalue weighted by Gasteiger charge is -2.22. The van der Waals surface area contributed by atoms with E-state index in [1.807, 2.05) is 23.1 Å². The third-order valence-corrected chi connectivity index (χ3v) is 3.93. The topological polar surface area (TPSA) is 54.7 Å². The van der Waals surface area contributed by atoms with E-state index in [1.54, 1.807) is 0 Å². The maximum Gasteiger partial charge on any atom is 0.193 e. The predicted octanol–water partition coefficient (Wildman–Crippen LogP) is 1.84. The lowest BCUT2D eigenvalue weighted by molar-refractivity contribution is 0.115. The summed E-state index contributed by atoms with van der Waals surface area (Å²) in [6, 6.07) is 1.95. The molecule has 0 aliphatic heterocycles. The van der Waals surface area contributed by atoms with Crippen LogP contribution in [-0.2, 0) is 11.3 Å². The van der Waals surface area contributed by atoms with Gasteiger partial charge in [-0.1, -0.05) is 6.92 Å². The Bertz CT molecular complexity index is 456. The second kappa shape index (κ2) is 9.55. The molecule has 6 nitrogen and oxygen atoms in total. The molecule has 1 aliphatic rings. The highest BCUT2D eigenvalue weighted by Crippen LogP contribution is 2.28. The van der Waals surface area contributed by atoms with E-state index in [-0.39, 0.29) is 0 Å². The average molecular weight is 321 g/mol. The molecule has 0 bridgehead atoms. The maximum absolute atomic E-state index is 5.72. The summed E-state index contributed by atoms with van der Waals surface area (Å²) in [5, 5.41) is 7.61. The van der Waals surface area contributed by atoms with Crippen LogP contribution in [0.2, 0.25) is 0 Å². The minimum Gasteiger partial charge on any atom is -0.379 e. The monoisotopic (exact) mass is 321 g/mol. The molecule has 1 saturated carbocycles. The van der Waals surface area contributed by atoms with Gasteiger partial charge < -0.3 is 15.0 Å². The molecule has 1 unspecified atom stereocenters. The Balaban J connectivity index is 1.72. The molecular weight excluding hydrogens is 290 g/mol. The van der Waals surface area contributed by atoms with E-state index in [2.05, 4.69) is 36.2 Å². The third kappa shape index (κ3) is 7.03. The van der Waals surface area contributed by atoms with Gasteiger partial charge in [0.05, 0.1) is 6.61 Å². The largest absolute Gasteiger partial charge is 0.379 e. The molecule has 1 aromatic rings. The first-order valence-electron chi connectivity index (χ1n) is 8.73. The van der Waals surface area contributed by atoms with E-state index < -0.39 is 0 Å². The summed E-state index contributed by atoms with van der Waals surface area (Å²) in [7, 11) is 2.07. The number of aromatic nitrogens is 2. The van der Waals surface area contributed by atoms with Gasteiger partial charge >= 0.3 is 0 Å². The number of aliphatic imine (C=N–C) groups is 1. The van der Waals surface area contributed by atoms with Crippen molar-refractivity contribution in [1.29, 1.82) is 0 Å². The van der Waals surface area contributed by atoms with Crippen LogP contribution in [0.1, 0.15) is 26.7 Å². The number of nitrogens with zero attached hydrogens (tertiary/aromatic N) is 4. The normalized spacial score (nSPS) is 16.4. The van der Waals surface area contributed by atoms with Gasteiger partial charge in [-0.25, -0.2) is 0 Å². The summed E-state index contributed by atoms with van der Waals surface area (Å²) >= 11 is 0.